The zero-order valence-electron chi connectivity index (χ0n) is 15.3. The maximum absolute atomic E-state index is 14.3. The summed E-state index contributed by atoms with van der Waals surface area (Å²) in [6, 6.07) is 12.6. The molecule has 0 saturated heterocycles. The summed E-state index contributed by atoms with van der Waals surface area (Å²) >= 11 is 0. The van der Waals surface area contributed by atoms with E-state index in [0.717, 1.165) is 0 Å². The summed E-state index contributed by atoms with van der Waals surface area (Å²) in [7, 11) is 0. The Kier molecular flexibility index (Phi) is 4.55. The molecule has 0 aliphatic heterocycles. The molecule has 0 unspecified atom stereocenters. The Balaban J connectivity index is 1.99. The number of halogens is 1. The molecule has 2 aromatic carbocycles. The van der Waals surface area contributed by atoms with Gasteiger partial charge in [0.1, 0.15) is 17.1 Å². The molecule has 0 aliphatic carbocycles. The van der Waals surface area contributed by atoms with Gasteiger partial charge in [-0.3, -0.25) is 4.79 Å². The lowest BCUT2D eigenvalue weighted by molar-refractivity contribution is 0.0997. The number of ether oxygens (including phenoxy) is 1. The largest absolute Gasteiger partial charge is 0.494 e. The van der Waals surface area contributed by atoms with Crippen molar-refractivity contribution in [2.75, 3.05) is 6.61 Å². The fourth-order valence-corrected chi connectivity index (χ4v) is 3.02. The molecule has 0 radical (unpaired) electrons. The zero-order chi connectivity index (χ0) is 20.5. The molecule has 2 aromatic heterocycles. The molecule has 0 atom stereocenters. The number of amides is 1. The van der Waals surface area contributed by atoms with Gasteiger partial charge in [-0.2, -0.15) is 0 Å². The summed E-state index contributed by atoms with van der Waals surface area (Å²) in [5.41, 5.74) is 5.47. The first kappa shape index (κ1) is 18.4. The molecule has 3 N–H and O–H groups in total. The van der Waals surface area contributed by atoms with Gasteiger partial charge in [0.2, 0.25) is 0 Å². The van der Waals surface area contributed by atoms with E-state index in [2.05, 4.69) is 15.0 Å². The molecule has 0 fully saturated rings. The quantitative estimate of drug-likeness (QED) is 0.540. The molecule has 1 amide bonds. The van der Waals surface area contributed by atoms with Crippen LogP contribution in [0.1, 0.15) is 17.4 Å². The number of nitrogens with zero attached hydrogens (tertiary/aromatic N) is 3. The second kappa shape index (κ2) is 7.19. The van der Waals surface area contributed by atoms with E-state index < -0.39 is 17.4 Å². The molecule has 0 bridgehead atoms. The number of imidazole rings is 1. The molecule has 4 rings (SSSR count). The highest BCUT2D eigenvalue weighted by Gasteiger charge is 2.21. The Labute approximate surface area is 163 Å². The molecule has 0 spiro atoms. The van der Waals surface area contributed by atoms with Crippen molar-refractivity contribution in [2.45, 2.75) is 6.92 Å². The van der Waals surface area contributed by atoms with Crippen molar-refractivity contribution in [3.05, 3.63) is 70.5 Å². The van der Waals surface area contributed by atoms with E-state index >= 15 is 0 Å². The van der Waals surface area contributed by atoms with Gasteiger partial charge < -0.3 is 15.5 Å². The Morgan fingerprint density at radius 3 is 2.55 bits per heavy atom. The number of hydrogen-bond acceptors (Lipinski definition) is 5. The Morgan fingerprint density at radius 1 is 1.17 bits per heavy atom. The summed E-state index contributed by atoms with van der Waals surface area (Å²) in [5, 5.41) is 0. The van der Waals surface area contributed by atoms with Crippen molar-refractivity contribution in [3.63, 3.8) is 0 Å². The SMILES string of the molecule is CCOc1ccc(-n2c(=O)[nH]c3c(C(N)=O)nc(-c4ccccc4F)nc32)cc1. The van der Waals surface area contributed by atoms with Gasteiger partial charge in [0, 0.05) is 0 Å². The third kappa shape index (κ3) is 3.22. The van der Waals surface area contributed by atoms with E-state index in [-0.39, 0.29) is 28.2 Å². The maximum atomic E-state index is 14.3. The van der Waals surface area contributed by atoms with Crippen molar-refractivity contribution < 1.29 is 13.9 Å². The van der Waals surface area contributed by atoms with Gasteiger partial charge in [0.25, 0.3) is 5.91 Å². The number of benzene rings is 2. The average Bonchev–Trinajstić information content (AvgIpc) is 3.04. The standard InChI is InChI=1S/C20H16FN5O3/c1-2-29-12-9-7-11(8-10-12)26-19-16(24-20(26)28)15(17(22)27)23-18(25-19)13-5-3-4-6-14(13)21/h3-10H,2H2,1H3,(H2,22,27)(H,24,28). The van der Waals surface area contributed by atoms with Gasteiger partial charge in [0.15, 0.2) is 17.2 Å². The molecular formula is C20H16FN5O3. The molecule has 8 nitrogen and oxygen atoms in total. The zero-order valence-corrected chi connectivity index (χ0v) is 15.3. The summed E-state index contributed by atoms with van der Waals surface area (Å²) in [5.74, 6) is -0.838. The highest BCUT2D eigenvalue weighted by atomic mass is 19.1. The summed E-state index contributed by atoms with van der Waals surface area (Å²) in [6.45, 7) is 2.37. The lowest BCUT2D eigenvalue weighted by Crippen LogP contribution is -2.15. The van der Waals surface area contributed by atoms with Gasteiger partial charge in [-0.05, 0) is 43.3 Å². The average molecular weight is 393 g/mol. The molecule has 29 heavy (non-hydrogen) atoms. The number of rotatable bonds is 5. The third-order valence-corrected chi connectivity index (χ3v) is 4.29. The van der Waals surface area contributed by atoms with Gasteiger partial charge in [-0.25, -0.2) is 23.7 Å². The van der Waals surface area contributed by atoms with E-state index in [4.69, 9.17) is 10.5 Å². The maximum Gasteiger partial charge on any atom is 0.332 e. The topological polar surface area (TPSA) is 116 Å². The number of aromatic amines is 1. The Bertz CT molecular complexity index is 1280. The van der Waals surface area contributed by atoms with Gasteiger partial charge >= 0.3 is 5.69 Å². The highest BCUT2D eigenvalue weighted by Crippen LogP contribution is 2.24. The van der Waals surface area contributed by atoms with E-state index in [0.29, 0.717) is 18.0 Å². The van der Waals surface area contributed by atoms with Crippen LogP contribution in [0.3, 0.4) is 0 Å². The van der Waals surface area contributed by atoms with Crippen LogP contribution in [-0.4, -0.2) is 32.0 Å². The minimum absolute atomic E-state index is 0.0527. The Hall–Kier alpha value is -4.01. The fraction of sp³-hybridized carbons (Fsp3) is 0.100. The van der Waals surface area contributed by atoms with Gasteiger partial charge in [-0.1, -0.05) is 12.1 Å². The van der Waals surface area contributed by atoms with Gasteiger partial charge in [0.05, 0.1) is 17.9 Å². The molecule has 9 heteroatoms. The predicted octanol–water partition coefficient (Wildman–Crippen LogP) is 2.41. The fourth-order valence-electron chi connectivity index (χ4n) is 3.02. The number of fused-ring (bicyclic) bond motifs is 1. The number of carbonyl (C=O) groups is 1. The second-order valence-corrected chi connectivity index (χ2v) is 6.13. The predicted molar refractivity (Wildman–Crippen MR) is 105 cm³/mol. The van der Waals surface area contributed by atoms with Crippen LogP contribution < -0.4 is 16.2 Å². The van der Waals surface area contributed by atoms with Crippen LogP contribution in [0.25, 0.3) is 28.2 Å². The second-order valence-electron chi connectivity index (χ2n) is 6.13. The number of nitrogens with one attached hydrogen (secondary N) is 1. The molecule has 0 saturated carbocycles. The van der Waals surface area contributed by atoms with Crippen molar-refractivity contribution >= 4 is 17.1 Å². The molecular weight excluding hydrogens is 377 g/mol. The van der Waals surface area contributed by atoms with Crippen molar-refractivity contribution in [1.82, 2.24) is 19.5 Å². The van der Waals surface area contributed by atoms with Crippen LogP contribution in [0.5, 0.6) is 5.75 Å². The summed E-state index contributed by atoms with van der Waals surface area (Å²) in [4.78, 5) is 35.6. The van der Waals surface area contributed by atoms with Crippen molar-refractivity contribution in [3.8, 4) is 22.8 Å². The van der Waals surface area contributed by atoms with Crippen LogP contribution in [0.15, 0.2) is 53.3 Å². The van der Waals surface area contributed by atoms with Crippen LogP contribution >= 0.6 is 0 Å². The Morgan fingerprint density at radius 2 is 1.90 bits per heavy atom. The first-order valence-corrected chi connectivity index (χ1v) is 8.80. The minimum atomic E-state index is -0.866. The normalized spacial score (nSPS) is 11.0. The molecule has 146 valence electrons. The van der Waals surface area contributed by atoms with E-state index in [1.54, 1.807) is 30.3 Å². The molecule has 2 heterocycles. The van der Waals surface area contributed by atoms with Crippen molar-refractivity contribution in [1.29, 1.82) is 0 Å². The summed E-state index contributed by atoms with van der Waals surface area (Å²) < 4.78 is 20.9. The van der Waals surface area contributed by atoms with E-state index in [9.17, 15) is 14.0 Å². The van der Waals surface area contributed by atoms with Crippen LogP contribution in [0.4, 0.5) is 4.39 Å². The number of carbonyl (C=O) groups excluding carboxylic acids is 1. The van der Waals surface area contributed by atoms with Crippen LogP contribution in [0, 0.1) is 5.82 Å². The van der Waals surface area contributed by atoms with Crippen LogP contribution in [0.2, 0.25) is 0 Å². The van der Waals surface area contributed by atoms with Crippen LogP contribution in [-0.2, 0) is 0 Å². The number of hydrogen-bond donors (Lipinski definition) is 2. The first-order valence-electron chi connectivity index (χ1n) is 8.80. The summed E-state index contributed by atoms with van der Waals surface area (Å²) in [6.07, 6.45) is 0. The number of primary amides is 1. The number of nitrogens with two attached hydrogens (primary N) is 1. The van der Waals surface area contributed by atoms with Gasteiger partial charge in [-0.15, -0.1) is 0 Å². The minimum Gasteiger partial charge on any atom is -0.494 e. The molecule has 4 aromatic rings. The third-order valence-electron chi connectivity index (χ3n) is 4.29. The lowest BCUT2D eigenvalue weighted by atomic mass is 10.2. The van der Waals surface area contributed by atoms with E-state index in [1.807, 2.05) is 6.92 Å². The monoisotopic (exact) mass is 393 g/mol. The lowest BCUT2D eigenvalue weighted by Gasteiger charge is -2.08. The highest BCUT2D eigenvalue weighted by molar-refractivity contribution is 6.02. The van der Waals surface area contributed by atoms with Crippen molar-refractivity contribution in [2.24, 2.45) is 5.73 Å². The van der Waals surface area contributed by atoms with E-state index in [1.165, 1.54) is 22.8 Å². The molecule has 0 aliphatic rings. The number of H-pyrrole nitrogens is 1. The smallest absolute Gasteiger partial charge is 0.332 e. The first-order chi connectivity index (χ1) is 14.0. The number of aromatic nitrogens is 4.